The minimum absolute atomic E-state index is 0.152. The molecule has 2 atom stereocenters. The lowest BCUT2D eigenvalue weighted by atomic mass is 10.0. The van der Waals surface area contributed by atoms with E-state index in [-0.39, 0.29) is 11.9 Å². The predicted octanol–water partition coefficient (Wildman–Crippen LogP) is 2.52. The van der Waals surface area contributed by atoms with Crippen LogP contribution in [0.25, 0.3) is 0 Å². The summed E-state index contributed by atoms with van der Waals surface area (Å²) in [5.74, 6) is 0.885. The van der Waals surface area contributed by atoms with E-state index in [1.165, 1.54) is 36.2 Å². The summed E-state index contributed by atoms with van der Waals surface area (Å²) in [5.41, 5.74) is 1.35. The van der Waals surface area contributed by atoms with E-state index in [0.717, 1.165) is 32.6 Å². The maximum atomic E-state index is 13.0. The van der Waals surface area contributed by atoms with E-state index in [0.29, 0.717) is 5.92 Å². The summed E-state index contributed by atoms with van der Waals surface area (Å²) in [7, 11) is 1.90. The molecule has 23 heavy (non-hydrogen) atoms. The van der Waals surface area contributed by atoms with Crippen LogP contribution in [0.15, 0.2) is 11.4 Å². The van der Waals surface area contributed by atoms with Crippen LogP contribution in [0, 0.1) is 5.92 Å². The summed E-state index contributed by atoms with van der Waals surface area (Å²) in [4.78, 5) is 18.9. The van der Waals surface area contributed by atoms with Gasteiger partial charge in [-0.15, -0.1) is 11.3 Å². The van der Waals surface area contributed by atoms with Crippen LogP contribution in [0.4, 0.5) is 0 Å². The van der Waals surface area contributed by atoms with Crippen molar-refractivity contribution in [3.8, 4) is 0 Å². The normalized spacial score (nSPS) is 26.7. The fraction of sp³-hybridized carbons (Fsp3) is 0.722. The van der Waals surface area contributed by atoms with Crippen molar-refractivity contribution in [2.24, 2.45) is 5.92 Å². The van der Waals surface area contributed by atoms with E-state index in [9.17, 15) is 4.79 Å². The first-order valence-electron chi connectivity index (χ1n) is 8.97. The molecule has 1 N–H and O–H groups in total. The number of thiophene rings is 1. The molecular weight excluding hydrogens is 306 g/mol. The zero-order chi connectivity index (χ0) is 16.2. The highest BCUT2D eigenvalue weighted by atomic mass is 32.1. The third kappa shape index (κ3) is 3.78. The molecule has 1 aromatic rings. The van der Waals surface area contributed by atoms with Crippen LogP contribution >= 0.6 is 11.3 Å². The van der Waals surface area contributed by atoms with Crippen LogP contribution in [-0.4, -0.2) is 55.5 Å². The van der Waals surface area contributed by atoms with Crippen molar-refractivity contribution in [1.82, 2.24) is 15.1 Å². The van der Waals surface area contributed by atoms with Crippen LogP contribution in [0.5, 0.6) is 0 Å². The Morgan fingerprint density at radius 3 is 3.00 bits per heavy atom. The number of carbonyl (C=O) groups excluding carboxylic acids is 1. The first-order chi connectivity index (χ1) is 11.2. The maximum absolute atomic E-state index is 13.0. The molecule has 5 heteroatoms. The molecule has 128 valence electrons. The molecule has 1 saturated heterocycles. The Morgan fingerprint density at radius 2 is 2.22 bits per heavy atom. The van der Waals surface area contributed by atoms with Gasteiger partial charge in [-0.05, 0) is 62.3 Å². The van der Waals surface area contributed by atoms with E-state index >= 15 is 0 Å². The number of rotatable bonds is 4. The number of hydrogen-bond acceptors (Lipinski definition) is 4. The van der Waals surface area contributed by atoms with Gasteiger partial charge in [0.2, 0.25) is 5.91 Å². The van der Waals surface area contributed by atoms with Crippen LogP contribution in [0.3, 0.4) is 0 Å². The molecule has 0 bridgehead atoms. The van der Waals surface area contributed by atoms with Crippen molar-refractivity contribution < 1.29 is 4.79 Å². The molecule has 2 unspecified atom stereocenters. The molecule has 2 aliphatic heterocycles. The van der Waals surface area contributed by atoms with Gasteiger partial charge in [-0.1, -0.05) is 13.3 Å². The smallest absolute Gasteiger partial charge is 0.245 e. The molecule has 1 fully saturated rings. The second-order valence-corrected chi connectivity index (χ2v) is 7.77. The maximum Gasteiger partial charge on any atom is 0.245 e. The molecule has 3 heterocycles. The van der Waals surface area contributed by atoms with Gasteiger partial charge in [-0.3, -0.25) is 4.79 Å². The number of likely N-dealkylation sites (tertiary alicyclic amines) is 1. The topological polar surface area (TPSA) is 35.6 Å². The van der Waals surface area contributed by atoms with Gasteiger partial charge < -0.3 is 15.1 Å². The number of likely N-dealkylation sites (N-methyl/N-ethyl adjacent to an activating group) is 1. The second-order valence-electron chi connectivity index (χ2n) is 6.82. The molecule has 0 aromatic carbocycles. The summed E-state index contributed by atoms with van der Waals surface area (Å²) in [6.45, 7) is 7.52. The Morgan fingerprint density at radius 1 is 1.35 bits per heavy atom. The van der Waals surface area contributed by atoms with Crippen molar-refractivity contribution in [2.45, 2.75) is 38.6 Å². The summed E-state index contributed by atoms with van der Waals surface area (Å²) in [6.07, 6.45) is 4.85. The van der Waals surface area contributed by atoms with Crippen molar-refractivity contribution in [1.29, 1.82) is 0 Å². The predicted molar refractivity (Wildman–Crippen MR) is 95.9 cm³/mol. The number of nitrogens with one attached hydrogen (secondary N) is 1. The molecule has 0 radical (unpaired) electrons. The van der Waals surface area contributed by atoms with Crippen molar-refractivity contribution in [3.63, 3.8) is 0 Å². The Hall–Kier alpha value is -0.910. The lowest BCUT2D eigenvalue weighted by Gasteiger charge is -2.30. The molecule has 1 aromatic heterocycles. The van der Waals surface area contributed by atoms with Crippen molar-refractivity contribution >= 4 is 17.2 Å². The van der Waals surface area contributed by atoms with Gasteiger partial charge in [0.05, 0.1) is 0 Å². The molecule has 2 aliphatic rings. The first kappa shape index (κ1) is 16.9. The van der Waals surface area contributed by atoms with E-state index < -0.39 is 0 Å². The van der Waals surface area contributed by atoms with Crippen LogP contribution in [-0.2, 0) is 11.2 Å². The Kier molecular flexibility index (Phi) is 5.72. The molecule has 0 saturated carbocycles. The SMILES string of the molecule is CCN1CCCCC(CN2CCc3ccsc3C(NC)C2=O)C1. The fourth-order valence-electron chi connectivity index (χ4n) is 3.97. The van der Waals surface area contributed by atoms with Gasteiger partial charge in [0.15, 0.2) is 0 Å². The van der Waals surface area contributed by atoms with E-state index in [2.05, 4.69) is 33.5 Å². The molecule has 3 rings (SSSR count). The third-order valence-corrected chi connectivity index (χ3v) is 6.34. The number of hydrogen-bond donors (Lipinski definition) is 1. The molecule has 0 aliphatic carbocycles. The largest absolute Gasteiger partial charge is 0.340 e. The van der Waals surface area contributed by atoms with Gasteiger partial charge in [-0.25, -0.2) is 0 Å². The molecule has 0 spiro atoms. The van der Waals surface area contributed by atoms with Crippen molar-refractivity contribution in [3.05, 3.63) is 21.9 Å². The van der Waals surface area contributed by atoms with Gasteiger partial charge in [0.25, 0.3) is 0 Å². The molecule has 4 nitrogen and oxygen atoms in total. The Labute approximate surface area is 143 Å². The number of carbonyl (C=O) groups is 1. The standard InChI is InChI=1S/C18H29N3OS/c1-3-20-9-5-4-6-14(12-20)13-21-10-7-15-8-11-23-17(15)16(19-2)18(21)22/h8,11,14,16,19H,3-7,9-10,12-13H2,1-2H3. The highest BCUT2D eigenvalue weighted by Gasteiger charge is 2.32. The summed E-state index contributed by atoms with van der Waals surface area (Å²) in [6, 6.07) is 2.03. The minimum atomic E-state index is -0.152. The van der Waals surface area contributed by atoms with E-state index in [1.807, 2.05) is 7.05 Å². The van der Waals surface area contributed by atoms with Gasteiger partial charge >= 0.3 is 0 Å². The van der Waals surface area contributed by atoms with Crippen molar-refractivity contribution in [2.75, 3.05) is 39.8 Å². The Bertz CT molecular complexity index is 530. The second kappa shape index (κ2) is 7.77. The molecular formula is C18H29N3OS. The number of nitrogens with zero attached hydrogens (tertiary/aromatic N) is 2. The summed E-state index contributed by atoms with van der Waals surface area (Å²) < 4.78 is 0. The van der Waals surface area contributed by atoms with Crippen LogP contribution < -0.4 is 5.32 Å². The minimum Gasteiger partial charge on any atom is -0.340 e. The quantitative estimate of drug-likeness (QED) is 0.918. The number of fused-ring (bicyclic) bond motifs is 1. The first-order valence-corrected chi connectivity index (χ1v) is 9.85. The average molecular weight is 336 g/mol. The summed E-state index contributed by atoms with van der Waals surface area (Å²) >= 11 is 1.71. The van der Waals surface area contributed by atoms with E-state index in [4.69, 9.17) is 0 Å². The fourth-order valence-corrected chi connectivity index (χ4v) is 5.02. The van der Waals surface area contributed by atoms with Gasteiger partial charge in [0.1, 0.15) is 6.04 Å². The lowest BCUT2D eigenvalue weighted by molar-refractivity contribution is -0.133. The summed E-state index contributed by atoms with van der Waals surface area (Å²) in [5, 5.41) is 5.36. The van der Waals surface area contributed by atoms with Crippen LogP contribution in [0.1, 0.15) is 42.7 Å². The number of amides is 1. The Balaban J connectivity index is 1.70. The van der Waals surface area contributed by atoms with Gasteiger partial charge in [0, 0.05) is 24.5 Å². The zero-order valence-electron chi connectivity index (χ0n) is 14.4. The monoisotopic (exact) mass is 335 g/mol. The van der Waals surface area contributed by atoms with Gasteiger partial charge in [-0.2, -0.15) is 0 Å². The lowest BCUT2D eigenvalue weighted by Crippen LogP contribution is -2.43. The third-order valence-electron chi connectivity index (χ3n) is 5.32. The van der Waals surface area contributed by atoms with Crippen LogP contribution in [0.2, 0.25) is 0 Å². The average Bonchev–Trinajstić information content (AvgIpc) is 2.83. The van der Waals surface area contributed by atoms with E-state index in [1.54, 1.807) is 11.3 Å². The zero-order valence-corrected chi connectivity index (χ0v) is 15.2. The highest BCUT2D eigenvalue weighted by molar-refractivity contribution is 7.10. The highest BCUT2D eigenvalue weighted by Crippen LogP contribution is 2.30. The molecule has 1 amide bonds.